The van der Waals surface area contributed by atoms with Crippen molar-refractivity contribution in [2.75, 3.05) is 31.6 Å². The van der Waals surface area contributed by atoms with Gasteiger partial charge >= 0.3 is 0 Å². The number of ether oxygens (including phenoxy) is 1. The molecule has 0 radical (unpaired) electrons. The summed E-state index contributed by atoms with van der Waals surface area (Å²) in [6.45, 7) is 4.46. The molecule has 3 rings (SSSR count). The average Bonchev–Trinajstić information content (AvgIpc) is 2.68. The Kier molecular flexibility index (Phi) is 5.56. The van der Waals surface area contributed by atoms with Crippen LogP contribution in [0.2, 0.25) is 0 Å². The Hall–Kier alpha value is -2.53. The molecule has 1 fully saturated rings. The first-order valence-corrected chi connectivity index (χ1v) is 8.62. The summed E-state index contributed by atoms with van der Waals surface area (Å²) >= 11 is 0. The smallest absolute Gasteiger partial charge is 0.245 e. The topological polar surface area (TPSA) is 61.8 Å². The molecule has 1 saturated heterocycles. The van der Waals surface area contributed by atoms with E-state index in [1.165, 1.54) is 0 Å². The molecular weight excluding hydrogens is 316 g/mol. The van der Waals surface area contributed by atoms with E-state index in [0.717, 1.165) is 11.3 Å². The van der Waals surface area contributed by atoms with Crippen molar-refractivity contribution in [2.45, 2.75) is 18.9 Å². The van der Waals surface area contributed by atoms with E-state index < -0.39 is 0 Å². The minimum atomic E-state index is -0.384. The van der Waals surface area contributed by atoms with Crippen LogP contribution in [0.25, 0.3) is 0 Å². The van der Waals surface area contributed by atoms with Crippen LogP contribution in [0.15, 0.2) is 54.6 Å². The van der Waals surface area contributed by atoms with Crippen molar-refractivity contribution in [1.29, 1.82) is 0 Å². The third kappa shape index (κ3) is 4.31. The number of aromatic hydroxyl groups is 1. The first-order chi connectivity index (χ1) is 12.1. The Labute approximate surface area is 148 Å². The summed E-state index contributed by atoms with van der Waals surface area (Å²) in [5.74, 6) is 0.288. The van der Waals surface area contributed by atoms with Gasteiger partial charge < -0.3 is 20.1 Å². The largest absolute Gasteiger partial charge is 0.508 e. The van der Waals surface area contributed by atoms with Gasteiger partial charge in [-0.1, -0.05) is 37.3 Å². The molecule has 1 aliphatic rings. The molecule has 0 bridgehead atoms. The maximum atomic E-state index is 13.1. The normalized spacial score (nSPS) is 16.9. The molecule has 5 nitrogen and oxygen atoms in total. The van der Waals surface area contributed by atoms with E-state index in [0.29, 0.717) is 26.3 Å². The number of hydrogen-bond acceptors (Lipinski definition) is 4. The summed E-state index contributed by atoms with van der Waals surface area (Å²) in [5.41, 5.74) is 1.92. The fraction of sp³-hybridized carbons (Fsp3) is 0.350. The number of morpholine rings is 1. The van der Waals surface area contributed by atoms with Crippen molar-refractivity contribution < 1.29 is 14.6 Å². The predicted molar refractivity (Wildman–Crippen MR) is 97.8 cm³/mol. The van der Waals surface area contributed by atoms with E-state index in [1.807, 2.05) is 35.2 Å². The Morgan fingerprint density at radius 2 is 1.72 bits per heavy atom. The van der Waals surface area contributed by atoms with Crippen LogP contribution < -0.4 is 5.32 Å². The van der Waals surface area contributed by atoms with Crippen molar-refractivity contribution in [3.05, 3.63) is 60.2 Å². The Morgan fingerprint density at radius 1 is 1.08 bits per heavy atom. The molecule has 25 heavy (non-hydrogen) atoms. The summed E-state index contributed by atoms with van der Waals surface area (Å²) in [6, 6.07) is 16.5. The third-order valence-corrected chi connectivity index (χ3v) is 4.60. The van der Waals surface area contributed by atoms with Gasteiger partial charge in [0.25, 0.3) is 0 Å². The first kappa shape index (κ1) is 17.3. The van der Waals surface area contributed by atoms with Crippen LogP contribution in [0.5, 0.6) is 5.75 Å². The van der Waals surface area contributed by atoms with Crippen molar-refractivity contribution in [2.24, 2.45) is 0 Å². The molecule has 0 unspecified atom stereocenters. The first-order valence-electron chi connectivity index (χ1n) is 8.62. The number of benzene rings is 2. The van der Waals surface area contributed by atoms with Crippen LogP contribution in [-0.4, -0.2) is 48.3 Å². The molecular formula is C20H24N2O3. The van der Waals surface area contributed by atoms with Crippen LogP contribution in [0.4, 0.5) is 5.69 Å². The van der Waals surface area contributed by atoms with Crippen LogP contribution in [0.3, 0.4) is 0 Å². The Bertz CT molecular complexity index is 682. The van der Waals surface area contributed by atoms with E-state index in [-0.39, 0.29) is 23.6 Å². The minimum Gasteiger partial charge on any atom is -0.508 e. The van der Waals surface area contributed by atoms with Gasteiger partial charge in [0, 0.05) is 24.7 Å². The van der Waals surface area contributed by atoms with Gasteiger partial charge in [0.1, 0.15) is 11.8 Å². The van der Waals surface area contributed by atoms with Gasteiger partial charge in [0.2, 0.25) is 5.91 Å². The number of carbonyl (C=O) groups is 1. The molecule has 2 N–H and O–H groups in total. The predicted octanol–water partition coefficient (Wildman–Crippen LogP) is 2.84. The van der Waals surface area contributed by atoms with Crippen molar-refractivity contribution >= 4 is 11.6 Å². The number of anilines is 1. The highest BCUT2D eigenvalue weighted by Gasteiger charge is 2.31. The van der Waals surface area contributed by atoms with Gasteiger partial charge in [-0.2, -0.15) is 0 Å². The summed E-state index contributed by atoms with van der Waals surface area (Å²) in [4.78, 5) is 15.0. The van der Waals surface area contributed by atoms with Crippen LogP contribution >= 0.6 is 0 Å². The number of nitrogens with one attached hydrogen (secondary N) is 1. The molecule has 2 atom stereocenters. The molecule has 1 aliphatic heterocycles. The molecule has 0 spiro atoms. The lowest BCUT2D eigenvalue weighted by molar-refractivity contribution is -0.136. The summed E-state index contributed by atoms with van der Waals surface area (Å²) in [6.07, 6.45) is 0. The number of rotatable bonds is 5. The Balaban J connectivity index is 1.84. The fourth-order valence-electron chi connectivity index (χ4n) is 3.07. The van der Waals surface area contributed by atoms with Crippen molar-refractivity contribution in [3.63, 3.8) is 0 Å². The van der Waals surface area contributed by atoms with Gasteiger partial charge in [-0.05, 0) is 29.8 Å². The zero-order chi connectivity index (χ0) is 17.6. The third-order valence-electron chi connectivity index (χ3n) is 4.60. The fourth-order valence-corrected chi connectivity index (χ4v) is 3.07. The number of phenols is 1. The van der Waals surface area contributed by atoms with Gasteiger partial charge in [-0.15, -0.1) is 0 Å². The average molecular weight is 340 g/mol. The van der Waals surface area contributed by atoms with E-state index in [4.69, 9.17) is 4.74 Å². The highest BCUT2D eigenvalue weighted by molar-refractivity contribution is 5.86. The van der Waals surface area contributed by atoms with Crippen molar-refractivity contribution in [1.82, 2.24) is 4.90 Å². The maximum Gasteiger partial charge on any atom is 0.245 e. The minimum absolute atomic E-state index is 0.00495. The zero-order valence-corrected chi connectivity index (χ0v) is 14.4. The van der Waals surface area contributed by atoms with Crippen LogP contribution in [0.1, 0.15) is 18.4 Å². The molecule has 5 heteroatoms. The van der Waals surface area contributed by atoms with Gasteiger partial charge in [0.05, 0.1) is 13.2 Å². The Morgan fingerprint density at radius 3 is 2.36 bits per heavy atom. The SMILES string of the molecule is C[C@@H](c1ccccc1)[C@H](Nc1ccc(O)cc1)C(=O)N1CCOCC1. The van der Waals surface area contributed by atoms with Crippen LogP contribution in [-0.2, 0) is 9.53 Å². The van der Waals surface area contributed by atoms with E-state index in [9.17, 15) is 9.90 Å². The number of hydrogen-bond donors (Lipinski definition) is 2. The molecule has 0 saturated carbocycles. The molecule has 0 aliphatic carbocycles. The molecule has 132 valence electrons. The zero-order valence-electron chi connectivity index (χ0n) is 14.4. The van der Waals surface area contributed by atoms with Gasteiger partial charge in [-0.25, -0.2) is 0 Å². The molecule has 2 aromatic carbocycles. The van der Waals surface area contributed by atoms with E-state index in [1.54, 1.807) is 24.3 Å². The molecule has 2 aromatic rings. The highest BCUT2D eigenvalue weighted by atomic mass is 16.5. The van der Waals surface area contributed by atoms with Gasteiger partial charge in [-0.3, -0.25) is 4.79 Å². The summed E-state index contributed by atoms with van der Waals surface area (Å²) < 4.78 is 5.36. The number of phenolic OH excluding ortho intramolecular Hbond substituents is 1. The lowest BCUT2D eigenvalue weighted by atomic mass is 9.92. The summed E-state index contributed by atoms with van der Waals surface area (Å²) in [7, 11) is 0. The standard InChI is InChI=1S/C20H24N2O3/c1-15(16-5-3-2-4-6-16)19(20(24)22-11-13-25-14-12-22)21-17-7-9-18(23)10-8-17/h2-10,15,19,21,23H,11-14H2,1H3/t15-,19-/m0/s1. The number of carbonyl (C=O) groups excluding carboxylic acids is 1. The quantitative estimate of drug-likeness (QED) is 0.822. The van der Waals surface area contributed by atoms with E-state index in [2.05, 4.69) is 12.2 Å². The van der Waals surface area contributed by atoms with Crippen molar-refractivity contribution in [3.8, 4) is 5.75 Å². The van der Waals surface area contributed by atoms with Gasteiger partial charge in [0.15, 0.2) is 0 Å². The highest BCUT2D eigenvalue weighted by Crippen LogP contribution is 2.25. The molecule has 0 aromatic heterocycles. The van der Waals surface area contributed by atoms with E-state index >= 15 is 0 Å². The lowest BCUT2D eigenvalue weighted by Crippen LogP contribution is -2.49. The molecule has 1 heterocycles. The number of nitrogens with zero attached hydrogens (tertiary/aromatic N) is 1. The number of amides is 1. The lowest BCUT2D eigenvalue weighted by Gasteiger charge is -2.33. The second kappa shape index (κ2) is 8.03. The summed E-state index contributed by atoms with van der Waals surface area (Å²) in [5, 5.41) is 12.8. The monoisotopic (exact) mass is 340 g/mol. The van der Waals surface area contributed by atoms with Crippen LogP contribution in [0, 0.1) is 0 Å². The molecule has 1 amide bonds. The second-order valence-corrected chi connectivity index (χ2v) is 6.31. The second-order valence-electron chi connectivity index (χ2n) is 6.31. The maximum absolute atomic E-state index is 13.1.